The van der Waals surface area contributed by atoms with E-state index in [1.165, 1.54) is 0 Å². The fraction of sp³-hybridized carbons (Fsp3) is 0.875. The molecule has 1 aliphatic rings. The molecule has 0 aromatic carbocycles. The molecule has 0 aromatic rings. The first kappa shape index (κ1) is 16.4. The summed E-state index contributed by atoms with van der Waals surface area (Å²) < 4.78 is 0. The summed E-state index contributed by atoms with van der Waals surface area (Å²) in [5.41, 5.74) is 0. The zero-order valence-electron chi connectivity index (χ0n) is 8.07. The molecule has 2 N–H and O–H groups in total. The highest BCUT2D eigenvalue weighted by Gasteiger charge is 2.08. The predicted octanol–water partition coefficient (Wildman–Crippen LogP) is 0.600. The van der Waals surface area contributed by atoms with E-state index < -0.39 is 5.97 Å². The lowest BCUT2D eigenvalue weighted by Gasteiger charge is -2.26. The summed E-state index contributed by atoms with van der Waals surface area (Å²) in [5, 5.41) is 11.7. The molecule has 0 amide bonds. The molecular formula is C8H18Cl2N2O2. The molecule has 1 saturated heterocycles. The van der Waals surface area contributed by atoms with Gasteiger partial charge in [0.05, 0.1) is 0 Å². The monoisotopic (exact) mass is 244 g/mol. The summed E-state index contributed by atoms with van der Waals surface area (Å²) in [6.07, 6.45) is 1.07. The van der Waals surface area contributed by atoms with E-state index >= 15 is 0 Å². The number of carboxylic acid groups (broad SMARTS) is 1. The molecule has 0 unspecified atom stereocenters. The lowest BCUT2D eigenvalue weighted by molar-refractivity contribution is -0.137. The maximum absolute atomic E-state index is 10.2. The number of hydrogen-bond donors (Lipinski definition) is 2. The lowest BCUT2D eigenvalue weighted by Crippen LogP contribution is -2.43. The SMILES string of the molecule is Cl.Cl.O=C(O)CCCN1CCNCC1. The maximum atomic E-state index is 10.2. The predicted molar refractivity (Wildman–Crippen MR) is 60.7 cm³/mol. The van der Waals surface area contributed by atoms with Crippen LogP contribution in [0.5, 0.6) is 0 Å². The Morgan fingerprint density at radius 1 is 1.29 bits per heavy atom. The first-order chi connectivity index (χ1) is 5.79. The third-order valence-corrected chi connectivity index (χ3v) is 2.07. The first-order valence-electron chi connectivity index (χ1n) is 4.44. The van der Waals surface area contributed by atoms with Crippen LogP contribution in [0.15, 0.2) is 0 Å². The molecule has 86 valence electrons. The number of piperazine rings is 1. The number of hydrogen-bond acceptors (Lipinski definition) is 3. The van der Waals surface area contributed by atoms with Crippen molar-refractivity contribution >= 4 is 30.8 Å². The lowest BCUT2D eigenvalue weighted by atomic mass is 10.2. The Bertz CT molecular complexity index is 152. The zero-order valence-corrected chi connectivity index (χ0v) is 9.70. The summed E-state index contributed by atoms with van der Waals surface area (Å²) in [7, 11) is 0. The van der Waals surface area contributed by atoms with Crippen molar-refractivity contribution in [3.63, 3.8) is 0 Å². The van der Waals surface area contributed by atoms with E-state index in [9.17, 15) is 4.79 Å². The molecule has 1 heterocycles. The number of nitrogens with zero attached hydrogens (tertiary/aromatic N) is 1. The van der Waals surface area contributed by atoms with Crippen molar-refractivity contribution in [2.75, 3.05) is 32.7 Å². The van der Waals surface area contributed by atoms with Crippen LogP contribution in [0.2, 0.25) is 0 Å². The molecule has 0 aliphatic carbocycles. The molecule has 6 heteroatoms. The smallest absolute Gasteiger partial charge is 0.303 e. The molecule has 0 atom stereocenters. The summed E-state index contributed by atoms with van der Waals surface area (Å²) in [6, 6.07) is 0. The quantitative estimate of drug-likeness (QED) is 0.761. The Balaban J connectivity index is 0. The van der Waals surface area contributed by atoms with Crippen LogP contribution in [0.25, 0.3) is 0 Å². The molecular weight excluding hydrogens is 227 g/mol. The summed E-state index contributed by atoms with van der Waals surface area (Å²) in [4.78, 5) is 12.5. The third kappa shape index (κ3) is 7.38. The number of carboxylic acids is 1. The second-order valence-corrected chi connectivity index (χ2v) is 3.09. The standard InChI is InChI=1S/C8H16N2O2.2ClH/c11-8(12)2-1-5-10-6-3-9-4-7-10;;/h9H,1-7H2,(H,11,12);2*1H. The Labute approximate surface area is 96.9 Å². The first-order valence-corrected chi connectivity index (χ1v) is 4.44. The summed E-state index contributed by atoms with van der Waals surface area (Å²) >= 11 is 0. The molecule has 14 heavy (non-hydrogen) atoms. The van der Waals surface area contributed by atoms with Crippen molar-refractivity contribution in [2.45, 2.75) is 12.8 Å². The Morgan fingerprint density at radius 2 is 1.86 bits per heavy atom. The third-order valence-electron chi connectivity index (χ3n) is 2.07. The minimum atomic E-state index is -0.690. The van der Waals surface area contributed by atoms with E-state index in [1.54, 1.807) is 0 Å². The average Bonchev–Trinajstić information content (AvgIpc) is 2.05. The second kappa shape index (κ2) is 9.52. The highest BCUT2D eigenvalue weighted by atomic mass is 35.5. The molecule has 1 rings (SSSR count). The van der Waals surface area contributed by atoms with Crippen molar-refractivity contribution in [2.24, 2.45) is 0 Å². The molecule has 1 aliphatic heterocycles. The van der Waals surface area contributed by atoms with Gasteiger partial charge in [-0.1, -0.05) is 0 Å². The van der Waals surface area contributed by atoms with Crippen molar-refractivity contribution in [1.82, 2.24) is 10.2 Å². The Morgan fingerprint density at radius 3 is 2.36 bits per heavy atom. The summed E-state index contributed by atoms with van der Waals surface area (Å²) in [6.45, 7) is 5.10. The minimum absolute atomic E-state index is 0. The van der Waals surface area contributed by atoms with Gasteiger partial charge in [0.1, 0.15) is 0 Å². The van der Waals surface area contributed by atoms with Gasteiger partial charge >= 0.3 is 5.97 Å². The molecule has 0 bridgehead atoms. The maximum Gasteiger partial charge on any atom is 0.303 e. The Hall–Kier alpha value is -0.0300. The van der Waals surface area contributed by atoms with Crippen LogP contribution in [0.4, 0.5) is 0 Å². The van der Waals surface area contributed by atoms with E-state index in [1.807, 2.05) is 0 Å². The molecule has 4 nitrogen and oxygen atoms in total. The fourth-order valence-corrected chi connectivity index (χ4v) is 1.39. The largest absolute Gasteiger partial charge is 0.481 e. The van der Waals surface area contributed by atoms with Crippen LogP contribution >= 0.6 is 24.8 Å². The van der Waals surface area contributed by atoms with Gasteiger partial charge in [0.15, 0.2) is 0 Å². The highest BCUT2D eigenvalue weighted by Crippen LogP contribution is 1.96. The zero-order chi connectivity index (χ0) is 8.81. The average molecular weight is 245 g/mol. The van der Waals surface area contributed by atoms with E-state index in [0.717, 1.165) is 39.1 Å². The fourth-order valence-electron chi connectivity index (χ4n) is 1.39. The van der Waals surface area contributed by atoms with Gasteiger partial charge in [-0.2, -0.15) is 0 Å². The van der Waals surface area contributed by atoms with Gasteiger partial charge in [0.25, 0.3) is 0 Å². The minimum Gasteiger partial charge on any atom is -0.481 e. The van der Waals surface area contributed by atoms with Gasteiger partial charge in [-0.3, -0.25) is 4.79 Å². The number of nitrogens with one attached hydrogen (secondary N) is 1. The molecule has 0 aromatic heterocycles. The van der Waals surface area contributed by atoms with E-state index in [0.29, 0.717) is 6.42 Å². The van der Waals surface area contributed by atoms with E-state index in [-0.39, 0.29) is 24.8 Å². The van der Waals surface area contributed by atoms with Gasteiger partial charge in [-0.05, 0) is 13.0 Å². The summed E-state index contributed by atoms with van der Waals surface area (Å²) in [5.74, 6) is -0.690. The van der Waals surface area contributed by atoms with Crippen LogP contribution in [0.1, 0.15) is 12.8 Å². The topological polar surface area (TPSA) is 52.6 Å². The van der Waals surface area contributed by atoms with Gasteiger partial charge in [-0.25, -0.2) is 0 Å². The van der Waals surface area contributed by atoms with Crippen molar-refractivity contribution in [3.8, 4) is 0 Å². The Kier molecular flexibility index (Phi) is 11.2. The van der Waals surface area contributed by atoms with Crippen LogP contribution in [0.3, 0.4) is 0 Å². The van der Waals surface area contributed by atoms with E-state index in [4.69, 9.17) is 5.11 Å². The second-order valence-electron chi connectivity index (χ2n) is 3.09. The van der Waals surface area contributed by atoms with Gasteiger partial charge < -0.3 is 15.3 Å². The van der Waals surface area contributed by atoms with Crippen LogP contribution in [-0.4, -0.2) is 48.7 Å². The van der Waals surface area contributed by atoms with Gasteiger partial charge in [0, 0.05) is 32.6 Å². The normalized spacial score (nSPS) is 16.6. The van der Waals surface area contributed by atoms with Gasteiger partial charge in [-0.15, -0.1) is 24.8 Å². The van der Waals surface area contributed by atoms with Crippen molar-refractivity contribution in [1.29, 1.82) is 0 Å². The van der Waals surface area contributed by atoms with Crippen molar-refractivity contribution in [3.05, 3.63) is 0 Å². The van der Waals surface area contributed by atoms with Crippen LogP contribution in [-0.2, 0) is 4.79 Å². The number of halogens is 2. The molecule has 0 saturated carbocycles. The molecule has 0 radical (unpaired) electrons. The van der Waals surface area contributed by atoms with Crippen molar-refractivity contribution < 1.29 is 9.90 Å². The van der Waals surface area contributed by atoms with E-state index in [2.05, 4.69) is 10.2 Å². The van der Waals surface area contributed by atoms with Crippen LogP contribution < -0.4 is 5.32 Å². The van der Waals surface area contributed by atoms with Gasteiger partial charge in [0.2, 0.25) is 0 Å². The number of aliphatic carboxylic acids is 1. The molecule has 1 fully saturated rings. The van der Waals surface area contributed by atoms with Crippen LogP contribution in [0, 0.1) is 0 Å². The number of rotatable bonds is 4. The molecule has 0 spiro atoms. The number of carbonyl (C=O) groups is 1. The highest BCUT2D eigenvalue weighted by molar-refractivity contribution is 5.85.